The van der Waals surface area contributed by atoms with E-state index in [1.165, 1.54) is 10.6 Å². The Morgan fingerprint density at radius 3 is 2.58 bits per heavy atom. The summed E-state index contributed by atoms with van der Waals surface area (Å²) in [4.78, 5) is 0.140. The molecule has 0 aromatic carbocycles. The standard InChI is InChI=1S/C12H16N2O4S/c1-4-14(8-11-6-5-7-17-11)19(15,16)12-9(2)13-18-10(12)3/h5-7H,4,8H2,1-3H3. The normalized spacial score (nSPS) is 12.2. The Kier molecular flexibility index (Phi) is 3.77. The lowest BCUT2D eigenvalue weighted by Gasteiger charge is -2.18. The lowest BCUT2D eigenvalue weighted by Crippen LogP contribution is -2.31. The van der Waals surface area contributed by atoms with Gasteiger partial charge in [0.15, 0.2) is 5.76 Å². The number of hydrogen-bond acceptors (Lipinski definition) is 5. The van der Waals surface area contributed by atoms with Crippen LogP contribution in [0.25, 0.3) is 0 Å². The van der Waals surface area contributed by atoms with Gasteiger partial charge in [-0.15, -0.1) is 0 Å². The molecule has 0 fully saturated rings. The van der Waals surface area contributed by atoms with Gasteiger partial charge in [-0.05, 0) is 26.0 Å². The highest BCUT2D eigenvalue weighted by atomic mass is 32.2. The summed E-state index contributed by atoms with van der Waals surface area (Å²) in [5.74, 6) is 0.896. The Bertz CT molecular complexity index is 624. The third kappa shape index (κ3) is 2.57. The van der Waals surface area contributed by atoms with Gasteiger partial charge in [-0.2, -0.15) is 4.31 Å². The zero-order valence-corrected chi connectivity index (χ0v) is 11.9. The van der Waals surface area contributed by atoms with E-state index in [1.54, 1.807) is 32.9 Å². The van der Waals surface area contributed by atoms with Crippen molar-refractivity contribution in [1.29, 1.82) is 0 Å². The summed E-state index contributed by atoms with van der Waals surface area (Å²) in [5.41, 5.74) is 0.371. The van der Waals surface area contributed by atoms with Crippen molar-refractivity contribution in [3.8, 4) is 0 Å². The molecule has 7 heteroatoms. The second-order valence-electron chi connectivity index (χ2n) is 4.16. The van der Waals surface area contributed by atoms with Crippen LogP contribution in [0.4, 0.5) is 0 Å². The number of hydrogen-bond donors (Lipinski definition) is 0. The van der Waals surface area contributed by atoms with Crippen LogP contribution >= 0.6 is 0 Å². The molecule has 0 bridgehead atoms. The predicted octanol–water partition coefficient (Wildman–Crippen LogP) is 2.10. The molecule has 2 heterocycles. The first-order chi connectivity index (χ1) is 8.96. The molecule has 0 aliphatic carbocycles. The van der Waals surface area contributed by atoms with Gasteiger partial charge >= 0.3 is 0 Å². The SMILES string of the molecule is CCN(Cc1ccco1)S(=O)(=O)c1c(C)noc1C. The first kappa shape index (κ1) is 13.8. The number of rotatable bonds is 5. The lowest BCUT2D eigenvalue weighted by molar-refractivity contribution is 0.372. The molecule has 0 aliphatic rings. The van der Waals surface area contributed by atoms with E-state index in [-0.39, 0.29) is 11.4 Å². The summed E-state index contributed by atoms with van der Waals surface area (Å²) in [5, 5.41) is 3.69. The molecule has 0 N–H and O–H groups in total. The molecule has 0 unspecified atom stereocenters. The highest BCUT2D eigenvalue weighted by molar-refractivity contribution is 7.89. The topological polar surface area (TPSA) is 76.6 Å². The van der Waals surface area contributed by atoms with Gasteiger partial charge in [0.05, 0.1) is 12.8 Å². The first-order valence-electron chi connectivity index (χ1n) is 5.92. The van der Waals surface area contributed by atoms with Gasteiger partial charge in [-0.3, -0.25) is 0 Å². The maximum Gasteiger partial charge on any atom is 0.248 e. The average molecular weight is 284 g/mol. The molecule has 2 rings (SSSR count). The van der Waals surface area contributed by atoms with E-state index in [2.05, 4.69) is 5.16 Å². The van der Waals surface area contributed by atoms with Crippen LogP contribution in [0, 0.1) is 13.8 Å². The van der Waals surface area contributed by atoms with Crippen LogP contribution in [0.1, 0.15) is 24.1 Å². The Hall–Kier alpha value is -1.60. The van der Waals surface area contributed by atoms with E-state index in [1.807, 2.05) is 0 Å². The fourth-order valence-electron chi connectivity index (χ4n) is 1.92. The summed E-state index contributed by atoms with van der Waals surface area (Å²) in [6.45, 7) is 5.51. The van der Waals surface area contributed by atoms with Crippen molar-refractivity contribution in [3.05, 3.63) is 35.6 Å². The van der Waals surface area contributed by atoms with Crippen molar-refractivity contribution < 1.29 is 17.4 Å². The van der Waals surface area contributed by atoms with Gasteiger partial charge in [-0.25, -0.2) is 8.42 Å². The Labute approximate surface area is 112 Å². The molecule has 0 amide bonds. The van der Waals surface area contributed by atoms with Crippen LogP contribution in [0.3, 0.4) is 0 Å². The van der Waals surface area contributed by atoms with Crippen LogP contribution in [0.2, 0.25) is 0 Å². The minimum Gasteiger partial charge on any atom is -0.468 e. The van der Waals surface area contributed by atoms with Crippen molar-refractivity contribution in [3.63, 3.8) is 0 Å². The van der Waals surface area contributed by atoms with E-state index in [0.29, 0.717) is 23.8 Å². The number of nitrogens with zero attached hydrogens (tertiary/aromatic N) is 2. The van der Waals surface area contributed by atoms with E-state index >= 15 is 0 Å². The Morgan fingerprint density at radius 1 is 1.37 bits per heavy atom. The molecule has 0 spiro atoms. The van der Waals surface area contributed by atoms with Crippen LogP contribution in [0.15, 0.2) is 32.2 Å². The van der Waals surface area contributed by atoms with E-state index in [9.17, 15) is 8.42 Å². The van der Waals surface area contributed by atoms with Gasteiger partial charge < -0.3 is 8.94 Å². The van der Waals surface area contributed by atoms with E-state index < -0.39 is 10.0 Å². The molecule has 0 aliphatic heterocycles. The maximum absolute atomic E-state index is 12.6. The summed E-state index contributed by atoms with van der Waals surface area (Å²) >= 11 is 0. The van der Waals surface area contributed by atoms with Crippen molar-refractivity contribution in [2.45, 2.75) is 32.2 Å². The van der Waals surface area contributed by atoms with Gasteiger partial charge in [0.25, 0.3) is 0 Å². The fourth-order valence-corrected chi connectivity index (χ4v) is 3.62. The summed E-state index contributed by atoms with van der Waals surface area (Å²) < 4.78 is 36.6. The zero-order chi connectivity index (χ0) is 14.0. The van der Waals surface area contributed by atoms with E-state index in [0.717, 1.165) is 0 Å². The number of sulfonamides is 1. The smallest absolute Gasteiger partial charge is 0.248 e. The summed E-state index contributed by atoms with van der Waals surface area (Å²) in [6.07, 6.45) is 1.52. The maximum atomic E-state index is 12.6. The molecule has 0 saturated carbocycles. The first-order valence-corrected chi connectivity index (χ1v) is 7.36. The van der Waals surface area contributed by atoms with Gasteiger partial charge in [0.1, 0.15) is 16.3 Å². The van der Waals surface area contributed by atoms with Crippen LogP contribution < -0.4 is 0 Å². The zero-order valence-electron chi connectivity index (χ0n) is 11.1. The quantitative estimate of drug-likeness (QED) is 0.840. The second-order valence-corrected chi connectivity index (χ2v) is 6.04. The number of furan rings is 1. The van der Waals surface area contributed by atoms with Gasteiger partial charge in [0, 0.05) is 6.54 Å². The second kappa shape index (κ2) is 5.18. The molecule has 19 heavy (non-hydrogen) atoms. The highest BCUT2D eigenvalue weighted by Gasteiger charge is 2.30. The Balaban J connectivity index is 2.37. The van der Waals surface area contributed by atoms with Crippen LogP contribution in [-0.4, -0.2) is 24.4 Å². The molecule has 0 saturated heterocycles. The van der Waals surface area contributed by atoms with Crippen molar-refractivity contribution in [2.75, 3.05) is 6.54 Å². The third-order valence-corrected chi connectivity index (χ3v) is 5.00. The highest BCUT2D eigenvalue weighted by Crippen LogP contribution is 2.24. The minimum absolute atomic E-state index is 0.140. The lowest BCUT2D eigenvalue weighted by atomic mass is 10.4. The van der Waals surface area contributed by atoms with Crippen molar-refractivity contribution in [2.24, 2.45) is 0 Å². The molecule has 6 nitrogen and oxygen atoms in total. The minimum atomic E-state index is -3.63. The largest absolute Gasteiger partial charge is 0.468 e. The summed E-state index contributed by atoms with van der Waals surface area (Å²) in [6, 6.07) is 3.47. The van der Waals surface area contributed by atoms with Crippen molar-refractivity contribution >= 4 is 10.0 Å². The molecule has 0 atom stereocenters. The van der Waals surface area contributed by atoms with Crippen LogP contribution in [-0.2, 0) is 16.6 Å². The molecular weight excluding hydrogens is 268 g/mol. The van der Waals surface area contributed by atoms with Gasteiger partial charge in [-0.1, -0.05) is 12.1 Å². The predicted molar refractivity (Wildman–Crippen MR) is 68.0 cm³/mol. The average Bonchev–Trinajstić information content (AvgIpc) is 2.96. The monoisotopic (exact) mass is 284 g/mol. The van der Waals surface area contributed by atoms with E-state index in [4.69, 9.17) is 8.94 Å². The Morgan fingerprint density at radius 2 is 2.11 bits per heavy atom. The molecular formula is C12H16N2O4S. The van der Waals surface area contributed by atoms with Crippen molar-refractivity contribution in [1.82, 2.24) is 9.46 Å². The number of aromatic nitrogens is 1. The molecule has 2 aromatic rings. The number of aryl methyl sites for hydroxylation is 2. The van der Waals surface area contributed by atoms with Crippen LogP contribution in [0.5, 0.6) is 0 Å². The molecule has 0 radical (unpaired) electrons. The fraction of sp³-hybridized carbons (Fsp3) is 0.417. The van der Waals surface area contributed by atoms with Gasteiger partial charge in [0.2, 0.25) is 10.0 Å². The molecule has 2 aromatic heterocycles. The molecule has 104 valence electrons. The third-order valence-electron chi connectivity index (χ3n) is 2.83. The summed E-state index contributed by atoms with van der Waals surface area (Å²) in [7, 11) is -3.63.